The van der Waals surface area contributed by atoms with Crippen LogP contribution in [0, 0.1) is 0 Å². The summed E-state index contributed by atoms with van der Waals surface area (Å²) in [6.45, 7) is 0. The first kappa shape index (κ1) is 12.2. The van der Waals surface area contributed by atoms with Crippen molar-refractivity contribution in [2.24, 2.45) is 0 Å². The molecule has 0 saturated heterocycles. The van der Waals surface area contributed by atoms with Gasteiger partial charge in [-0.2, -0.15) is 0 Å². The molecule has 3 rings (SSSR count). The topological polar surface area (TPSA) is 43.1 Å². The largest absolute Gasteiger partial charge is 0.397 e. The Morgan fingerprint density at radius 3 is 2.63 bits per heavy atom. The second kappa shape index (κ2) is 4.71. The molecule has 0 bridgehead atoms. The summed E-state index contributed by atoms with van der Waals surface area (Å²) in [5.41, 5.74) is 8.62. The van der Waals surface area contributed by atoms with Crippen molar-refractivity contribution >= 4 is 23.1 Å². The van der Waals surface area contributed by atoms with Gasteiger partial charge in [-0.3, -0.25) is 4.79 Å². The maximum absolute atomic E-state index is 12.5. The molecule has 1 aliphatic carbocycles. The summed E-state index contributed by atoms with van der Waals surface area (Å²) >= 11 is 5.96. The van der Waals surface area contributed by atoms with E-state index in [1.165, 1.54) is 18.4 Å². The van der Waals surface area contributed by atoms with Gasteiger partial charge in [0.1, 0.15) is 0 Å². The van der Waals surface area contributed by atoms with Gasteiger partial charge in [0.15, 0.2) is 5.78 Å². The minimum atomic E-state index is -0.0671. The third kappa shape index (κ3) is 2.36. The minimum absolute atomic E-state index is 0.0671. The molecule has 1 saturated carbocycles. The highest BCUT2D eigenvalue weighted by molar-refractivity contribution is 6.34. The molecule has 0 heterocycles. The van der Waals surface area contributed by atoms with Gasteiger partial charge >= 0.3 is 0 Å². The fourth-order valence-corrected chi connectivity index (χ4v) is 2.42. The Labute approximate surface area is 117 Å². The van der Waals surface area contributed by atoms with E-state index in [0.29, 0.717) is 27.8 Å². The summed E-state index contributed by atoms with van der Waals surface area (Å²) < 4.78 is 0. The average Bonchev–Trinajstić information content (AvgIpc) is 3.26. The molecule has 0 spiro atoms. The van der Waals surface area contributed by atoms with Crippen LogP contribution in [0.5, 0.6) is 0 Å². The summed E-state index contributed by atoms with van der Waals surface area (Å²) in [6, 6.07) is 13.0. The quantitative estimate of drug-likeness (QED) is 0.676. The second-order valence-corrected chi connectivity index (χ2v) is 5.34. The van der Waals surface area contributed by atoms with Gasteiger partial charge in [-0.1, -0.05) is 35.9 Å². The Bertz CT molecular complexity index is 647. The molecule has 0 amide bonds. The molecule has 2 nitrogen and oxygen atoms in total. The maximum Gasteiger partial charge on any atom is 0.195 e. The van der Waals surface area contributed by atoms with Gasteiger partial charge in [-0.05, 0) is 42.5 Å². The fourth-order valence-electron chi connectivity index (χ4n) is 2.24. The molecule has 19 heavy (non-hydrogen) atoms. The van der Waals surface area contributed by atoms with Crippen LogP contribution < -0.4 is 5.73 Å². The smallest absolute Gasteiger partial charge is 0.195 e. The highest BCUT2D eigenvalue weighted by atomic mass is 35.5. The molecule has 0 radical (unpaired) electrons. The van der Waals surface area contributed by atoms with Gasteiger partial charge < -0.3 is 5.73 Å². The number of para-hydroxylation sites is 1. The Morgan fingerprint density at radius 1 is 1.16 bits per heavy atom. The van der Waals surface area contributed by atoms with Crippen molar-refractivity contribution in [2.75, 3.05) is 5.73 Å². The Balaban J connectivity index is 1.99. The number of benzene rings is 2. The van der Waals surface area contributed by atoms with Gasteiger partial charge in [0, 0.05) is 11.1 Å². The maximum atomic E-state index is 12.5. The predicted octanol–water partition coefficient (Wildman–Crippen LogP) is 4.03. The van der Waals surface area contributed by atoms with E-state index in [1.54, 1.807) is 18.2 Å². The highest BCUT2D eigenvalue weighted by Crippen LogP contribution is 2.40. The van der Waals surface area contributed by atoms with Crippen LogP contribution in [-0.4, -0.2) is 5.78 Å². The van der Waals surface area contributed by atoms with Crippen molar-refractivity contribution in [1.82, 2.24) is 0 Å². The van der Waals surface area contributed by atoms with Crippen LogP contribution >= 0.6 is 11.6 Å². The van der Waals surface area contributed by atoms with Crippen LogP contribution in [0.15, 0.2) is 42.5 Å². The average molecular weight is 272 g/mol. The lowest BCUT2D eigenvalue weighted by atomic mass is 9.99. The fraction of sp³-hybridized carbons (Fsp3) is 0.188. The molecule has 1 fully saturated rings. The molecule has 2 aromatic carbocycles. The lowest BCUT2D eigenvalue weighted by Crippen LogP contribution is -2.06. The number of anilines is 1. The number of nitrogen functional groups attached to an aromatic ring is 1. The summed E-state index contributed by atoms with van der Waals surface area (Å²) in [4.78, 5) is 12.5. The second-order valence-electron chi connectivity index (χ2n) is 4.93. The van der Waals surface area contributed by atoms with Crippen molar-refractivity contribution < 1.29 is 4.79 Å². The SMILES string of the molecule is Nc1c(Cl)cccc1C(=O)c1cccc(C2CC2)c1. The van der Waals surface area contributed by atoms with E-state index < -0.39 is 0 Å². The standard InChI is InChI=1S/C16H14ClNO/c17-14-6-2-5-13(15(14)18)16(19)12-4-1-3-11(9-12)10-7-8-10/h1-6,9-10H,7-8,18H2. The number of nitrogens with two attached hydrogens (primary N) is 1. The first-order valence-corrected chi connectivity index (χ1v) is 6.73. The van der Waals surface area contributed by atoms with Crippen molar-refractivity contribution in [2.45, 2.75) is 18.8 Å². The van der Waals surface area contributed by atoms with E-state index in [0.717, 1.165) is 0 Å². The Morgan fingerprint density at radius 2 is 1.89 bits per heavy atom. The van der Waals surface area contributed by atoms with Gasteiger partial charge in [-0.15, -0.1) is 0 Å². The predicted molar refractivity (Wildman–Crippen MR) is 77.7 cm³/mol. The lowest BCUT2D eigenvalue weighted by Gasteiger charge is -2.07. The molecule has 2 N–H and O–H groups in total. The summed E-state index contributed by atoms with van der Waals surface area (Å²) in [5.74, 6) is 0.562. The van der Waals surface area contributed by atoms with E-state index >= 15 is 0 Å². The number of rotatable bonds is 3. The van der Waals surface area contributed by atoms with E-state index in [2.05, 4.69) is 6.07 Å². The molecule has 0 aromatic heterocycles. The number of ketones is 1. The van der Waals surface area contributed by atoms with Gasteiger partial charge in [0.25, 0.3) is 0 Å². The molecule has 1 aliphatic rings. The van der Waals surface area contributed by atoms with Crippen LogP contribution in [-0.2, 0) is 0 Å². The molecule has 0 aliphatic heterocycles. The number of carbonyl (C=O) groups excluding carboxylic acids is 1. The number of hydrogen-bond acceptors (Lipinski definition) is 2. The molecule has 2 aromatic rings. The minimum Gasteiger partial charge on any atom is -0.397 e. The number of hydrogen-bond donors (Lipinski definition) is 1. The van der Waals surface area contributed by atoms with Crippen LogP contribution in [0.1, 0.15) is 40.2 Å². The number of carbonyl (C=O) groups is 1. The van der Waals surface area contributed by atoms with Crippen LogP contribution in [0.4, 0.5) is 5.69 Å². The first-order chi connectivity index (χ1) is 9.16. The zero-order valence-electron chi connectivity index (χ0n) is 10.4. The van der Waals surface area contributed by atoms with E-state index in [1.807, 2.05) is 18.2 Å². The molecule has 0 atom stereocenters. The van der Waals surface area contributed by atoms with Crippen LogP contribution in [0.3, 0.4) is 0 Å². The highest BCUT2D eigenvalue weighted by Gasteiger charge is 2.24. The molecular formula is C16H14ClNO. The van der Waals surface area contributed by atoms with Crippen molar-refractivity contribution in [3.63, 3.8) is 0 Å². The first-order valence-electron chi connectivity index (χ1n) is 6.35. The lowest BCUT2D eigenvalue weighted by molar-refractivity contribution is 0.103. The Kier molecular flexibility index (Phi) is 3.03. The Hall–Kier alpha value is -1.80. The monoisotopic (exact) mass is 271 g/mol. The third-order valence-electron chi connectivity index (χ3n) is 3.50. The van der Waals surface area contributed by atoms with Crippen molar-refractivity contribution in [3.8, 4) is 0 Å². The van der Waals surface area contributed by atoms with E-state index in [4.69, 9.17) is 17.3 Å². The van der Waals surface area contributed by atoms with E-state index in [-0.39, 0.29) is 5.78 Å². The molecule has 96 valence electrons. The van der Waals surface area contributed by atoms with Crippen molar-refractivity contribution in [1.29, 1.82) is 0 Å². The summed E-state index contributed by atoms with van der Waals surface area (Å²) in [6.07, 6.45) is 2.44. The third-order valence-corrected chi connectivity index (χ3v) is 3.82. The summed E-state index contributed by atoms with van der Waals surface area (Å²) in [5, 5.41) is 0.421. The van der Waals surface area contributed by atoms with E-state index in [9.17, 15) is 4.79 Å². The van der Waals surface area contributed by atoms with Gasteiger partial charge in [-0.25, -0.2) is 0 Å². The molecular weight excluding hydrogens is 258 g/mol. The normalized spacial score (nSPS) is 14.4. The molecule has 3 heteroatoms. The van der Waals surface area contributed by atoms with Crippen molar-refractivity contribution in [3.05, 3.63) is 64.2 Å². The zero-order valence-corrected chi connectivity index (χ0v) is 11.2. The zero-order chi connectivity index (χ0) is 13.4. The van der Waals surface area contributed by atoms with Gasteiger partial charge in [0.05, 0.1) is 10.7 Å². The van der Waals surface area contributed by atoms with Gasteiger partial charge in [0.2, 0.25) is 0 Å². The number of halogens is 1. The van der Waals surface area contributed by atoms with Crippen LogP contribution in [0.2, 0.25) is 5.02 Å². The van der Waals surface area contributed by atoms with Crippen LogP contribution in [0.25, 0.3) is 0 Å². The summed E-state index contributed by atoms with van der Waals surface area (Å²) in [7, 11) is 0. The molecule has 0 unspecified atom stereocenters.